The molecule has 0 radical (unpaired) electrons. The van der Waals surface area contributed by atoms with Crippen molar-refractivity contribution in [3.63, 3.8) is 0 Å². The minimum Gasteiger partial charge on any atom is -0.359 e. The van der Waals surface area contributed by atoms with Gasteiger partial charge in [-0.25, -0.2) is 4.98 Å². The summed E-state index contributed by atoms with van der Waals surface area (Å²) in [4.78, 5) is 6.24. The number of aromatic nitrogens is 2. The van der Waals surface area contributed by atoms with Gasteiger partial charge in [0.25, 0.3) is 0 Å². The van der Waals surface area contributed by atoms with Crippen molar-refractivity contribution in [3.8, 4) is 6.07 Å². The van der Waals surface area contributed by atoms with E-state index in [1.807, 2.05) is 48.7 Å². The van der Waals surface area contributed by atoms with Gasteiger partial charge in [0.2, 0.25) is 0 Å². The maximum atomic E-state index is 8.87. The van der Waals surface area contributed by atoms with E-state index in [0.717, 1.165) is 16.7 Å². The Balaban J connectivity index is 2.44. The van der Waals surface area contributed by atoms with Gasteiger partial charge in [-0.05, 0) is 25.1 Å². The SMILES string of the molecule is CC(C#N)N(C)c1ccc2c(c1)ncn2C. The summed E-state index contributed by atoms with van der Waals surface area (Å²) in [6.07, 6.45) is 1.79. The zero-order valence-electron chi connectivity index (χ0n) is 9.68. The van der Waals surface area contributed by atoms with Crippen molar-refractivity contribution in [2.24, 2.45) is 7.05 Å². The number of aryl methyl sites for hydroxylation is 1. The number of nitrogens with zero attached hydrogens (tertiary/aromatic N) is 4. The van der Waals surface area contributed by atoms with E-state index < -0.39 is 0 Å². The summed E-state index contributed by atoms with van der Waals surface area (Å²) in [5.41, 5.74) is 3.07. The van der Waals surface area contributed by atoms with Crippen LogP contribution in [0, 0.1) is 11.3 Å². The molecule has 2 aromatic rings. The number of rotatable bonds is 2. The fraction of sp³-hybridized carbons (Fsp3) is 0.333. The molecule has 0 fully saturated rings. The van der Waals surface area contributed by atoms with Gasteiger partial charge in [0, 0.05) is 19.8 Å². The highest BCUT2D eigenvalue weighted by Gasteiger charge is 2.10. The minimum atomic E-state index is -0.138. The summed E-state index contributed by atoms with van der Waals surface area (Å²) in [7, 11) is 3.88. The molecular weight excluding hydrogens is 200 g/mol. The molecule has 16 heavy (non-hydrogen) atoms. The van der Waals surface area contributed by atoms with E-state index in [9.17, 15) is 0 Å². The van der Waals surface area contributed by atoms with Crippen LogP contribution in [-0.4, -0.2) is 22.6 Å². The van der Waals surface area contributed by atoms with E-state index in [0.29, 0.717) is 0 Å². The topological polar surface area (TPSA) is 44.9 Å². The van der Waals surface area contributed by atoms with E-state index in [-0.39, 0.29) is 6.04 Å². The first-order valence-corrected chi connectivity index (χ1v) is 5.17. The Morgan fingerprint density at radius 2 is 2.25 bits per heavy atom. The molecular formula is C12H14N4. The molecule has 0 amide bonds. The molecule has 2 rings (SSSR count). The van der Waals surface area contributed by atoms with Gasteiger partial charge < -0.3 is 9.47 Å². The predicted octanol–water partition coefficient (Wildman–Crippen LogP) is 1.92. The molecule has 0 aliphatic carbocycles. The number of hydrogen-bond acceptors (Lipinski definition) is 3. The maximum Gasteiger partial charge on any atom is 0.113 e. The smallest absolute Gasteiger partial charge is 0.113 e. The molecule has 1 aromatic carbocycles. The average molecular weight is 214 g/mol. The minimum absolute atomic E-state index is 0.138. The fourth-order valence-corrected chi connectivity index (χ4v) is 1.65. The van der Waals surface area contributed by atoms with Crippen LogP contribution in [0.5, 0.6) is 0 Å². The van der Waals surface area contributed by atoms with Crippen LogP contribution < -0.4 is 4.90 Å². The number of nitriles is 1. The van der Waals surface area contributed by atoms with Crippen molar-refractivity contribution >= 4 is 16.7 Å². The van der Waals surface area contributed by atoms with E-state index in [2.05, 4.69) is 11.1 Å². The van der Waals surface area contributed by atoms with Gasteiger partial charge in [-0.2, -0.15) is 5.26 Å². The second-order valence-electron chi connectivity index (χ2n) is 3.94. The molecule has 82 valence electrons. The van der Waals surface area contributed by atoms with Crippen molar-refractivity contribution in [2.75, 3.05) is 11.9 Å². The summed E-state index contributed by atoms with van der Waals surface area (Å²) in [6.45, 7) is 1.88. The van der Waals surface area contributed by atoms with Crippen LogP contribution in [0.15, 0.2) is 24.5 Å². The maximum absolute atomic E-state index is 8.87. The molecule has 0 bridgehead atoms. The zero-order chi connectivity index (χ0) is 11.7. The Bertz CT molecular complexity index is 550. The second kappa shape index (κ2) is 3.86. The molecule has 1 heterocycles. The first-order valence-electron chi connectivity index (χ1n) is 5.17. The third-order valence-corrected chi connectivity index (χ3v) is 2.88. The Hall–Kier alpha value is -2.02. The lowest BCUT2D eigenvalue weighted by Gasteiger charge is -2.21. The van der Waals surface area contributed by atoms with E-state index >= 15 is 0 Å². The van der Waals surface area contributed by atoms with Crippen molar-refractivity contribution < 1.29 is 0 Å². The van der Waals surface area contributed by atoms with Gasteiger partial charge in [0.1, 0.15) is 6.04 Å². The van der Waals surface area contributed by atoms with Gasteiger partial charge in [-0.1, -0.05) is 0 Å². The van der Waals surface area contributed by atoms with E-state index in [1.54, 1.807) is 6.33 Å². The zero-order valence-corrected chi connectivity index (χ0v) is 9.68. The van der Waals surface area contributed by atoms with Crippen LogP contribution in [0.25, 0.3) is 11.0 Å². The molecule has 4 nitrogen and oxygen atoms in total. The molecule has 0 N–H and O–H groups in total. The summed E-state index contributed by atoms with van der Waals surface area (Å²) in [6, 6.07) is 8.12. The van der Waals surface area contributed by atoms with Crippen molar-refractivity contribution in [1.29, 1.82) is 5.26 Å². The molecule has 0 spiro atoms. The lowest BCUT2D eigenvalue weighted by atomic mass is 10.2. The fourth-order valence-electron chi connectivity index (χ4n) is 1.65. The van der Waals surface area contributed by atoms with Crippen molar-refractivity contribution in [2.45, 2.75) is 13.0 Å². The van der Waals surface area contributed by atoms with Crippen molar-refractivity contribution in [3.05, 3.63) is 24.5 Å². The number of hydrogen-bond donors (Lipinski definition) is 0. The van der Waals surface area contributed by atoms with Crippen LogP contribution in [-0.2, 0) is 7.05 Å². The van der Waals surface area contributed by atoms with Gasteiger partial charge in [0.15, 0.2) is 0 Å². The van der Waals surface area contributed by atoms with Crippen LogP contribution in [0.2, 0.25) is 0 Å². The molecule has 1 atom stereocenters. The largest absolute Gasteiger partial charge is 0.359 e. The monoisotopic (exact) mass is 214 g/mol. The highest BCUT2D eigenvalue weighted by Crippen LogP contribution is 2.21. The highest BCUT2D eigenvalue weighted by molar-refractivity contribution is 5.79. The number of fused-ring (bicyclic) bond motifs is 1. The molecule has 0 aliphatic rings. The van der Waals surface area contributed by atoms with Crippen LogP contribution in [0.3, 0.4) is 0 Å². The summed E-state index contributed by atoms with van der Waals surface area (Å²) in [5.74, 6) is 0. The summed E-state index contributed by atoms with van der Waals surface area (Å²) >= 11 is 0. The Morgan fingerprint density at radius 1 is 1.50 bits per heavy atom. The third-order valence-electron chi connectivity index (χ3n) is 2.88. The number of benzene rings is 1. The normalized spacial score (nSPS) is 12.4. The Morgan fingerprint density at radius 3 is 2.94 bits per heavy atom. The molecule has 0 saturated heterocycles. The van der Waals surface area contributed by atoms with Gasteiger partial charge in [-0.15, -0.1) is 0 Å². The quantitative estimate of drug-likeness (QED) is 0.767. The molecule has 4 heteroatoms. The summed E-state index contributed by atoms with van der Waals surface area (Å²) in [5, 5.41) is 8.87. The third kappa shape index (κ3) is 1.61. The number of anilines is 1. The average Bonchev–Trinajstić information content (AvgIpc) is 2.68. The molecule has 0 aliphatic heterocycles. The second-order valence-corrected chi connectivity index (χ2v) is 3.94. The van der Waals surface area contributed by atoms with Crippen LogP contribution in [0.1, 0.15) is 6.92 Å². The van der Waals surface area contributed by atoms with Gasteiger partial charge in [-0.3, -0.25) is 0 Å². The lowest BCUT2D eigenvalue weighted by molar-refractivity contribution is 0.836. The Kier molecular flexibility index (Phi) is 2.53. The Labute approximate surface area is 94.7 Å². The van der Waals surface area contributed by atoms with Gasteiger partial charge in [0.05, 0.1) is 23.4 Å². The van der Waals surface area contributed by atoms with Crippen molar-refractivity contribution in [1.82, 2.24) is 9.55 Å². The predicted molar refractivity (Wildman–Crippen MR) is 64.2 cm³/mol. The summed E-state index contributed by atoms with van der Waals surface area (Å²) < 4.78 is 1.98. The molecule has 0 saturated carbocycles. The van der Waals surface area contributed by atoms with Crippen LogP contribution >= 0.6 is 0 Å². The van der Waals surface area contributed by atoms with Gasteiger partial charge >= 0.3 is 0 Å². The molecule has 1 aromatic heterocycles. The highest BCUT2D eigenvalue weighted by atomic mass is 15.1. The van der Waals surface area contributed by atoms with E-state index in [4.69, 9.17) is 5.26 Å². The van der Waals surface area contributed by atoms with Crippen LogP contribution in [0.4, 0.5) is 5.69 Å². The standard InChI is InChI=1S/C12H14N4/c1-9(7-13)16(3)10-4-5-12-11(6-10)14-8-15(12)2/h4-6,8-9H,1-3H3. The van der Waals surface area contributed by atoms with E-state index in [1.165, 1.54) is 0 Å². The first-order chi connectivity index (χ1) is 7.63. The number of imidazole rings is 1. The molecule has 1 unspecified atom stereocenters. The lowest BCUT2D eigenvalue weighted by Crippen LogP contribution is -2.26. The first kappa shape index (κ1) is 10.5.